The molecule has 3 aromatic carbocycles. The quantitative estimate of drug-likeness (QED) is 0.496. The fraction of sp³-hybridized carbons (Fsp3) is 0.154. The van der Waals surface area contributed by atoms with Gasteiger partial charge in [0.05, 0.1) is 6.04 Å². The van der Waals surface area contributed by atoms with Crippen LogP contribution in [0.15, 0.2) is 91.3 Å². The molecule has 1 heterocycles. The number of carbonyl (C=O) groups excluding carboxylic acids is 1. The second-order valence-corrected chi connectivity index (χ2v) is 7.47. The lowest BCUT2D eigenvalue weighted by atomic mass is 9.94. The second-order valence-electron chi connectivity index (χ2n) is 7.47. The highest BCUT2D eigenvalue weighted by atomic mass is 16.1. The number of rotatable bonds is 6. The average Bonchev–Trinajstić information content (AvgIpc) is 3.18. The van der Waals surface area contributed by atoms with Gasteiger partial charge in [-0.3, -0.25) is 4.79 Å². The van der Waals surface area contributed by atoms with Crippen molar-refractivity contribution in [3.8, 4) is 0 Å². The minimum Gasteiger partial charge on any atom is -0.341 e. The average molecular weight is 396 g/mol. The van der Waals surface area contributed by atoms with E-state index in [-0.39, 0.29) is 11.9 Å². The monoisotopic (exact) mass is 395 g/mol. The number of amides is 1. The highest BCUT2D eigenvalue weighted by Gasteiger charge is 2.19. The lowest BCUT2D eigenvalue weighted by Gasteiger charge is -2.22. The highest BCUT2D eigenvalue weighted by Crippen LogP contribution is 2.25. The highest BCUT2D eigenvalue weighted by molar-refractivity contribution is 5.94. The third-order valence-corrected chi connectivity index (χ3v) is 5.40. The predicted octanol–water partition coefficient (Wildman–Crippen LogP) is 5.07. The second kappa shape index (κ2) is 8.78. The first kappa shape index (κ1) is 19.6. The minimum atomic E-state index is -0.201. The van der Waals surface area contributed by atoms with Gasteiger partial charge in [-0.2, -0.15) is 0 Å². The molecule has 0 spiro atoms. The van der Waals surface area contributed by atoms with Crippen LogP contribution in [0.4, 0.5) is 0 Å². The number of benzene rings is 3. The normalized spacial score (nSPS) is 11.8. The third kappa shape index (κ3) is 4.33. The standard InChI is InChI=1S/C26H25N3O/c1-19-8-6-7-11-24(19)25(22-9-4-3-5-10-22)28-26(30)23-14-12-21(13-15-23)18-29-17-16-27-20(29)2/h3-17,25H,18H2,1-2H3,(H,28,30)/t25-/m1/s1. The van der Waals surface area contributed by atoms with E-state index in [4.69, 9.17) is 0 Å². The summed E-state index contributed by atoms with van der Waals surface area (Å²) in [6, 6.07) is 25.8. The van der Waals surface area contributed by atoms with Crippen molar-refractivity contribution in [1.82, 2.24) is 14.9 Å². The van der Waals surface area contributed by atoms with E-state index in [1.807, 2.05) is 79.9 Å². The van der Waals surface area contributed by atoms with Gasteiger partial charge in [0.1, 0.15) is 5.82 Å². The molecular weight excluding hydrogens is 370 g/mol. The van der Waals surface area contributed by atoms with Crippen LogP contribution in [0.2, 0.25) is 0 Å². The molecule has 1 N–H and O–H groups in total. The summed E-state index contributed by atoms with van der Waals surface area (Å²) in [5.74, 6) is 0.887. The van der Waals surface area contributed by atoms with Crippen LogP contribution in [-0.4, -0.2) is 15.5 Å². The summed E-state index contributed by atoms with van der Waals surface area (Å²) < 4.78 is 2.08. The van der Waals surface area contributed by atoms with Crippen LogP contribution in [0.25, 0.3) is 0 Å². The van der Waals surface area contributed by atoms with Crippen molar-refractivity contribution in [3.63, 3.8) is 0 Å². The van der Waals surface area contributed by atoms with Gasteiger partial charge in [0.25, 0.3) is 5.91 Å². The van der Waals surface area contributed by atoms with E-state index in [2.05, 4.69) is 33.9 Å². The van der Waals surface area contributed by atoms with E-state index in [1.54, 1.807) is 6.20 Å². The molecule has 0 fully saturated rings. The van der Waals surface area contributed by atoms with E-state index < -0.39 is 0 Å². The molecule has 4 nitrogen and oxygen atoms in total. The maximum absolute atomic E-state index is 13.1. The van der Waals surface area contributed by atoms with Crippen LogP contribution in [-0.2, 0) is 6.54 Å². The summed E-state index contributed by atoms with van der Waals surface area (Å²) in [7, 11) is 0. The molecule has 30 heavy (non-hydrogen) atoms. The van der Waals surface area contributed by atoms with Crippen molar-refractivity contribution in [2.45, 2.75) is 26.4 Å². The SMILES string of the molecule is Cc1ccccc1[C@H](NC(=O)c1ccc(Cn2ccnc2C)cc1)c1ccccc1. The van der Waals surface area contributed by atoms with Crippen molar-refractivity contribution in [2.24, 2.45) is 0 Å². The first-order valence-corrected chi connectivity index (χ1v) is 10.1. The number of nitrogens with one attached hydrogen (secondary N) is 1. The zero-order chi connectivity index (χ0) is 20.9. The van der Waals surface area contributed by atoms with E-state index in [9.17, 15) is 4.79 Å². The summed E-state index contributed by atoms with van der Waals surface area (Å²) in [4.78, 5) is 17.3. The molecule has 0 radical (unpaired) electrons. The Kier molecular flexibility index (Phi) is 5.75. The van der Waals surface area contributed by atoms with Gasteiger partial charge in [0, 0.05) is 24.5 Å². The van der Waals surface area contributed by atoms with Crippen molar-refractivity contribution in [2.75, 3.05) is 0 Å². The molecule has 4 aromatic rings. The Morgan fingerprint density at radius 3 is 2.30 bits per heavy atom. The summed E-state index contributed by atoms with van der Waals surface area (Å²) in [5.41, 5.74) is 5.09. The largest absolute Gasteiger partial charge is 0.341 e. The fourth-order valence-corrected chi connectivity index (χ4v) is 3.64. The van der Waals surface area contributed by atoms with Crippen LogP contribution in [0.5, 0.6) is 0 Å². The first-order valence-electron chi connectivity index (χ1n) is 10.1. The Balaban J connectivity index is 1.55. The number of carbonyl (C=O) groups is 1. The van der Waals surface area contributed by atoms with Crippen molar-refractivity contribution in [3.05, 3.63) is 125 Å². The van der Waals surface area contributed by atoms with Gasteiger partial charge in [-0.25, -0.2) is 4.98 Å². The number of hydrogen-bond acceptors (Lipinski definition) is 2. The zero-order valence-corrected chi connectivity index (χ0v) is 17.2. The molecule has 0 aliphatic heterocycles. The predicted molar refractivity (Wildman–Crippen MR) is 119 cm³/mol. The molecule has 0 unspecified atom stereocenters. The van der Waals surface area contributed by atoms with Crippen LogP contribution in [0.1, 0.15) is 44.5 Å². The third-order valence-electron chi connectivity index (χ3n) is 5.40. The Hall–Kier alpha value is -3.66. The first-order chi connectivity index (χ1) is 14.6. The molecule has 1 atom stereocenters. The Bertz CT molecular complexity index is 1130. The number of nitrogens with zero attached hydrogens (tertiary/aromatic N) is 2. The van der Waals surface area contributed by atoms with E-state index in [0.29, 0.717) is 5.56 Å². The van der Waals surface area contributed by atoms with Crippen molar-refractivity contribution < 1.29 is 4.79 Å². The van der Waals surface area contributed by atoms with E-state index >= 15 is 0 Å². The van der Waals surface area contributed by atoms with Gasteiger partial charge in [0.15, 0.2) is 0 Å². The molecule has 150 valence electrons. The van der Waals surface area contributed by atoms with Gasteiger partial charge in [-0.15, -0.1) is 0 Å². The van der Waals surface area contributed by atoms with Crippen LogP contribution >= 0.6 is 0 Å². The number of imidazole rings is 1. The summed E-state index contributed by atoms with van der Waals surface area (Å²) >= 11 is 0. The summed E-state index contributed by atoms with van der Waals surface area (Å²) in [6.45, 7) is 4.80. The van der Waals surface area contributed by atoms with Gasteiger partial charge >= 0.3 is 0 Å². The van der Waals surface area contributed by atoms with E-state index in [0.717, 1.165) is 34.6 Å². The number of aromatic nitrogens is 2. The van der Waals surface area contributed by atoms with Gasteiger partial charge in [-0.05, 0) is 48.2 Å². The Morgan fingerprint density at radius 2 is 1.63 bits per heavy atom. The summed E-state index contributed by atoms with van der Waals surface area (Å²) in [6.07, 6.45) is 3.76. The Morgan fingerprint density at radius 1 is 0.933 bits per heavy atom. The maximum Gasteiger partial charge on any atom is 0.252 e. The molecule has 0 saturated carbocycles. The molecule has 4 rings (SSSR count). The molecule has 1 aromatic heterocycles. The van der Waals surface area contributed by atoms with Crippen LogP contribution in [0.3, 0.4) is 0 Å². The fourth-order valence-electron chi connectivity index (χ4n) is 3.64. The van der Waals surface area contributed by atoms with E-state index in [1.165, 1.54) is 0 Å². The smallest absolute Gasteiger partial charge is 0.252 e. The number of aryl methyl sites for hydroxylation is 2. The lowest BCUT2D eigenvalue weighted by molar-refractivity contribution is 0.0943. The lowest BCUT2D eigenvalue weighted by Crippen LogP contribution is -2.29. The summed E-state index contributed by atoms with van der Waals surface area (Å²) in [5, 5.41) is 3.23. The topological polar surface area (TPSA) is 46.9 Å². The zero-order valence-electron chi connectivity index (χ0n) is 17.2. The van der Waals surface area contributed by atoms with Gasteiger partial charge < -0.3 is 9.88 Å². The van der Waals surface area contributed by atoms with Crippen molar-refractivity contribution >= 4 is 5.91 Å². The molecule has 0 aliphatic carbocycles. The molecule has 4 heteroatoms. The van der Waals surface area contributed by atoms with Crippen molar-refractivity contribution in [1.29, 1.82) is 0 Å². The molecule has 0 aliphatic rings. The Labute approximate surface area is 177 Å². The molecule has 0 saturated heterocycles. The molecular formula is C26H25N3O. The van der Waals surface area contributed by atoms with Crippen LogP contribution < -0.4 is 5.32 Å². The van der Waals surface area contributed by atoms with Crippen LogP contribution in [0, 0.1) is 13.8 Å². The van der Waals surface area contributed by atoms with Gasteiger partial charge in [0.2, 0.25) is 0 Å². The molecule has 0 bridgehead atoms. The minimum absolute atomic E-state index is 0.0857. The number of hydrogen-bond donors (Lipinski definition) is 1. The maximum atomic E-state index is 13.1. The molecule has 1 amide bonds. The van der Waals surface area contributed by atoms with Gasteiger partial charge in [-0.1, -0.05) is 66.7 Å².